The number of carbonyl (C=O) groups excluding carboxylic acids is 2. The van der Waals surface area contributed by atoms with Crippen LogP contribution >= 0.6 is 0 Å². The first-order chi connectivity index (χ1) is 12.5. The molecule has 132 valence electrons. The van der Waals surface area contributed by atoms with Crippen LogP contribution in [0.1, 0.15) is 15.9 Å². The lowest BCUT2D eigenvalue weighted by molar-refractivity contribution is -0.384. The van der Waals surface area contributed by atoms with E-state index in [2.05, 4.69) is 10.6 Å². The van der Waals surface area contributed by atoms with Crippen LogP contribution in [0.5, 0.6) is 5.75 Å². The number of fused-ring (bicyclic) bond motifs is 1. The predicted molar refractivity (Wildman–Crippen MR) is 96.6 cm³/mol. The van der Waals surface area contributed by atoms with E-state index >= 15 is 0 Å². The Balaban J connectivity index is 1.82. The Bertz CT molecular complexity index is 936. The summed E-state index contributed by atoms with van der Waals surface area (Å²) < 4.78 is 5.25. The molecule has 2 aromatic carbocycles. The predicted octanol–water partition coefficient (Wildman–Crippen LogP) is 2.86. The van der Waals surface area contributed by atoms with Gasteiger partial charge in [-0.1, -0.05) is 12.1 Å². The van der Waals surface area contributed by atoms with Gasteiger partial charge in [-0.3, -0.25) is 19.7 Å². The highest BCUT2D eigenvalue weighted by molar-refractivity contribution is 6.08. The van der Waals surface area contributed by atoms with Crippen LogP contribution in [0, 0.1) is 10.1 Å². The number of rotatable bonds is 5. The normalized spacial score (nSPS) is 12.9. The third kappa shape index (κ3) is 3.54. The average molecular weight is 353 g/mol. The molecule has 1 heterocycles. The number of hydrogen-bond acceptors (Lipinski definition) is 6. The Labute approximate surface area is 148 Å². The van der Waals surface area contributed by atoms with Crippen molar-refractivity contribution in [1.82, 2.24) is 0 Å². The molecule has 26 heavy (non-hydrogen) atoms. The van der Waals surface area contributed by atoms with Gasteiger partial charge >= 0.3 is 0 Å². The van der Waals surface area contributed by atoms with Gasteiger partial charge in [0.25, 0.3) is 11.6 Å². The summed E-state index contributed by atoms with van der Waals surface area (Å²) in [5.41, 5.74) is 1.65. The molecule has 0 bridgehead atoms. The van der Waals surface area contributed by atoms with Crippen LogP contribution in [0.4, 0.5) is 17.1 Å². The molecule has 0 fully saturated rings. The number of benzene rings is 2. The number of ether oxygens (including phenoxy) is 1. The number of nitro groups is 1. The molecule has 0 radical (unpaired) electrons. The first-order valence-corrected chi connectivity index (χ1v) is 7.73. The maximum atomic E-state index is 12.3. The van der Waals surface area contributed by atoms with Gasteiger partial charge in [0.05, 0.1) is 10.6 Å². The quantitative estimate of drug-likeness (QED) is 0.370. The molecule has 0 spiro atoms. The van der Waals surface area contributed by atoms with Gasteiger partial charge in [0, 0.05) is 18.7 Å². The van der Waals surface area contributed by atoms with E-state index in [1.807, 2.05) is 0 Å². The molecule has 0 atom stereocenters. The summed E-state index contributed by atoms with van der Waals surface area (Å²) in [6.07, 6.45) is 2.83. The molecule has 0 saturated heterocycles. The van der Waals surface area contributed by atoms with Crippen LogP contribution < -0.4 is 15.4 Å². The van der Waals surface area contributed by atoms with Gasteiger partial charge in [0.15, 0.2) is 12.4 Å². The maximum Gasteiger partial charge on any atom is 0.292 e. The molecule has 1 aliphatic heterocycles. The third-order valence-corrected chi connectivity index (χ3v) is 3.81. The summed E-state index contributed by atoms with van der Waals surface area (Å²) in [6.45, 7) is -0.0540. The minimum absolute atomic E-state index is 0.0540. The van der Waals surface area contributed by atoms with Crippen LogP contribution in [0.25, 0.3) is 6.08 Å². The summed E-state index contributed by atoms with van der Waals surface area (Å²) in [5.74, 6) is -0.0778. The van der Waals surface area contributed by atoms with Crippen molar-refractivity contribution >= 4 is 34.8 Å². The Morgan fingerprint density at radius 3 is 2.85 bits per heavy atom. The van der Waals surface area contributed by atoms with Crippen molar-refractivity contribution in [2.24, 2.45) is 0 Å². The Morgan fingerprint density at radius 2 is 2.12 bits per heavy atom. The first-order valence-electron chi connectivity index (χ1n) is 7.73. The summed E-state index contributed by atoms with van der Waals surface area (Å²) >= 11 is 0. The highest BCUT2D eigenvalue weighted by atomic mass is 16.6. The summed E-state index contributed by atoms with van der Waals surface area (Å²) in [7, 11) is 1.60. The largest absolute Gasteiger partial charge is 0.482 e. The highest BCUT2D eigenvalue weighted by Crippen LogP contribution is 2.29. The number of nitro benzene ring substituents is 1. The fourth-order valence-electron chi connectivity index (χ4n) is 2.52. The van der Waals surface area contributed by atoms with E-state index in [1.54, 1.807) is 31.3 Å². The second-order valence-corrected chi connectivity index (χ2v) is 5.53. The van der Waals surface area contributed by atoms with Gasteiger partial charge in [0.1, 0.15) is 11.4 Å². The Morgan fingerprint density at radius 1 is 1.31 bits per heavy atom. The van der Waals surface area contributed by atoms with E-state index in [-0.39, 0.29) is 24.0 Å². The van der Waals surface area contributed by atoms with Crippen LogP contribution in [-0.4, -0.2) is 30.3 Å². The lowest BCUT2D eigenvalue weighted by Gasteiger charge is -2.17. The van der Waals surface area contributed by atoms with E-state index in [4.69, 9.17) is 4.74 Å². The molecule has 0 unspecified atom stereocenters. The van der Waals surface area contributed by atoms with Gasteiger partial charge in [-0.25, -0.2) is 0 Å². The standard InChI is InChI=1S/C18H15N3O5/c1-19-13-5-2-11(8-15(13)21(24)25)3-6-16(22)12-4-7-17-14(9-12)20-18(23)10-26-17/h2-9,19H,10H2,1H3,(H,20,23)/b6-3+. The molecule has 0 aliphatic carbocycles. The average Bonchev–Trinajstić information content (AvgIpc) is 2.65. The number of nitrogens with one attached hydrogen (secondary N) is 2. The molecular weight excluding hydrogens is 338 g/mol. The Hall–Kier alpha value is -3.68. The minimum Gasteiger partial charge on any atom is -0.482 e. The fraction of sp³-hybridized carbons (Fsp3) is 0.111. The molecule has 0 saturated carbocycles. The zero-order valence-electron chi connectivity index (χ0n) is 13.8. The molecule has 8 nitrogen and oxygen atoms in total. The summed E-state index contributed by atoms with van der Waals surface area (Å²) in [4.78, 5) is 34.3. The topological polar surface area (TPSA) is 111 Å². The van der Waals surface area contributed by atoms with Crippen molar-refractivity contribution in [3.8, 4) is 5.75 Å². The van der Waals surface area contributed by atoms with Crippen LogP contribution in [-0.2, 0) is 4.79 Å². The van der Waals surface area contributed by atoms with Gasteiger partial charge in [-0.2, -0.15) is 0 Å². The van der Waals surface area contributed by atoms with Crippen molar-refractivity contribution in [2.45, 2.75) is 0 Å². The van der Waals surface area contributed by atoms with E-state index < -0.39 is 4.92 Å². The van der Waals surface area contributed by atoms with Gasteiger partial charge in [0.2, 0.25) is 0 Å². The Kier molecular flexibility index (Phi) is 4.66. The summed E-state index contributed by atoms with van der Waals surface area (Å²) in [6, 6.07) is 9.37. The molecule has 1 aliphatic rings. The molecule has 1 amide bonds. The monoisotopic (exact) mass is 353 g/mol. The highest BCUT2D eigenvalue weighted by Gasteiger charge is 2.17. The zero-order chi connectivity index (χ0) is 18.7. The second-order valence-electron chi connectivity index (χ2n) is 5.53. The number of anilines is 2. The number of allylic oxidation sites excluding steroid dienone is 1. The molecule has 3 rings (SSSR count). The van der Waals surface area contributed by atoms with Crippen LogP contribution in [0.3, 0.4) is 0 Å². The van der Waals surface area contributed by atoms with Crippen molar-refractivity contribution < 1.29 is 19.2 Å². The zero-order valence-corrected chi connectivity index (χ0v) is 13.8. The van der Waals surface area contributed by atoms with E-state index in [9.17, 15) is 19.7 Å². The maximum absolute atomic E-state index is 12.3. The summed E-state index contributed by atoms with van der Waals surface area (Å²) in [5, 5.41) is 16.5. The van der Waals surface area contributed by atoms with Crippen LogP contribution in [0.2, 0.25) is 0 Å². The van der Waals surface area contributed by atoms with Gasteiger partial charge in [-0.15, -0.1) is 0 Å². The number of carbonyl (C=O) groups is 2. The SMILES string of the molecule is CNc1ccc(/C=C/C(=O)c2ccc3c(c2)NC(=O)CO3)cc1[N+](=O)[O-]. The minimum atomic E-state index is -0.489. The molecular formula is C18H15N3O5. The number of nitrogens with zero attached hydrogens (tertiary/aromatic N) is 1. The number of amides is 1. The molecule has 0 aromatic heterocycles. The van der Waals surface area contributed by atoms with Crippen LogP contribution in [0.15, 0.2) is 42.5 Å². The molecule has 2 aromatic rings. The fourth-order valence-corrected chi connectivity index (χ4v) is 2.52. The lowest BCUT2D eigenvalue weighted by atomic mass is 10.1. The number of hydrogen-bond donors (Lipinski definition) is 2. The molecule has 8 heteroatoms. The number of ketones is 1. The lowest BCUT2D eigenvalue weighted by Crippen LogP contribution is -2.25. The van der Waals surface area contributed by atoms with E-state index in [1.165, 1.54) is 24.3 Å². The van der Waals surface area contributed by atoms with Gasteiger partial charge in [-0.05, 0) is 35.9 Å². The van der Waals surface area contributed by atoms with Crippen molar-refractivity contribution in [3.05, 3.63) is 63.7 Å². The van der Waals surface area contributed by atoms with Crippen molar-refractivity contribution in [1.29, 1.82) is 0 Å². The second kappa shape index (κ2) is 7.06. The molecule has 2 N–H and O–H groups in total. The first kappa shape index (κ1) is 17.2. The smallest absolute Gasteiger partial charge is 0.292 e. The van der Waals surface area contributed by atoms with E-state index in [0.717, 1.165) is 0 Å². The van der Waals surface area contributed by atoms with Crippen molar-refractivity contribution in [3.63, 3.8) is 0 Å². The third-order valence-electron chi connectivity index (χ3n) is 3.81. The van der Waals surface area contributed by atoms with Gasteiger partial charge < -0.3 is 15.4 Å². The van der Waals surface area contributed by atoms with E-state index in [0.29, 0.717) is 28.3 Å². The van der Waals surface area contributed by atoms with Crippen molar-refractivity contribution in [2.75, 3.05) is 24.3 Å².